The van der Waals surface area contributed by atoms with E-state index in [0.717, 1.165) is 29.0 Å². The fourth-order valence-electron chi connectivity index (χ4n) is 2.77. The van der Waals surface area contributed by atoms with Gasteiger partial charge in [0.05, 0.1) is 24.6 Å². The van der Waals surface area contributed by atoms with Crippen LogP contribution >= 0.6 is 11.3 Å². The lowest BCUT2D eigenvalue weighted by atomic mass is 10.1. The van der Waals surface area contributed by atoms with Crippen molar-refractivity contribution in [3.8, 4) is 27.6 Å². The Hall–Kier alpha value is -3.59. The zero-order chi connectivity index (χ0) is 20.4. The Morgan fingerprint density at radius 2 is 1.90 bits per heavy atom. The standard InChI is InChI=1S/C20H14F2N4O2S/c1-28-15-8-3-2-5-11(15)14-9-17(26-25-14)24-19(27)16-10-23-20(29-16)18-12(21)6-4-7-13(18)22/h2-10H,1H3,(H2,24,25,26,27). The second kappa shape index (κ2) is 7.80. The number of carbonyl (C=O) groups is 1. The third-order valence-electron chi connectivity index (χ3n) is 4.12. The molecule has 9 heteroatoms. The second-order valence-corrected chi connectivity index (χ2v) is 6.98. The molecule has 4 aromatic rings. The third-order valence-corrected chi connectivity index (χ3v) is 5.14. The minimum Gasteiger partial charge on any atom is -0.496 e. The fourth-order valence-corrected chi connectivity index (χ4v) is 3.63. The molecule has 0 unspecified atom stereocenters. The van der Waals surface area contributed by atoms with Gasteiger partial charge in [-0.25, -0.2) is 13.8 Å². The van der Waals surface area contributed by atoms with Crippen molar-refractivity contribution in [2.45, 2.75) is 0 Å². The van der Waals surface area contributed by atoms with Gasteiger partial charge in [0.2, 0.25) is 0 Å². The zero-order valence-corrected chi connectivity index (χ0v) is 15.9. The number of ether oxygens (including phenoxy) is 1. The van der Waals surface area contributed by atoms with Crippen molar-refractivity contribution < 1.29 is 18.3 Å². The molecule has 2 heterocycles. The molecule has 146 valence electrons. The number of methoxy groups -OCH3 is 1. The van der Waals surface area contributed by atoms with Gasteiger partial charge in [-0.05, 0) is 24.3 Å². The Kier molecular flexibility index (Phi) is 5.05. The lowest BCUT2D eigenvalue weighted by molar-refractivity contribution is 0.103. The molecule has 0 aliphatic heterocycles. The number of anilines is 1. The van der Waals surface area contributed by atoms with Crippen LogP contribution in [-0.2, 0) is 0 Å². The van der Waals surface area contributed by atoms with Crippen LogP contribution in [0.15, 0.2) is 54.7 Å². The van der Waals surface area contributed by atoms with Crippen molar-refractivity contribution in [3.63, 3.8) is 0 Å². The second-order valence-electron chi connectivity index (χ2n) is 5.95. The first-order chi connectivity index (χ1) is 14.1. The molecule has 0 saturated carbocycles. The Morgan fingerprint density at radius 3 is 2.66 bits per heavy atom. The summed E-state index contributed by atoms with van der Waals surface area (Å²) < 4.78 is 33.2. The van der Waals surface area contributed by atoms with Crippen LogP contribution in [0, 0.1) is 11.6 Å². The quantitative estimate of drug-likeness (QED) is 0.496. The van der Waals surface area contributed by atoms with Gasteiger partial charge < -0.3 is 10.1 Å². The van der Waals surface area contributed by atoms with E-state index < -0.39 is 17.5 Å². The van der Waals surface area contributed by atoms with Crippen LogP contribution in [0.5, 0.6) is 5.75 Å². The van der Waals surface area contributed by atoms with Crippen molar-refractivity contribution in [2.24, 2.45) is 0 Å². The predicted molar refractivity (Wildman–Crippen MR) is 106 cm³/mol. The van der Waals surface area contributed by atoms with E-state index in [1.54, 1.807) is 13.2 Å². The molecular weight excluding hydrogens is 398 g/mol. The van der Waals surface area contributed by atoms with Gasteiger partial charge >= 0.3 is 0 Å². The largest absolute Gasteiger partial charge is 0.496 e. The van der Waals surface area contributed by atoms with Crippen LogP contribution in [0.3, 0.4) is 0 Å². The average Bonchev–Trinajstić information content (AvgIpc) is 3.38. The SMILES string of the molecule is COc1ccccc1-c1cc(NC(=O)c2cnc(-c3c(F)cccc3F)s2)n[nH]1. The average molecular weight is 412 g/mol. The van der Waals surface area contributed by atoms with E-state index in [4.69, 9.17) is 4.74 Å². The number of hydrogen-bond donors (Lipinski definition) is 2. The maximum atomic E-state index is 13.9. The highest BCUT2D eigenvalue weighted by Crippen LogP contribution is 2.31. The minimum atomic E-state index is -0.736. The molecule has 0 atom stereocenters. The number of nitrogens with zero attached hydrogens (tertiary/aromatic N) is 2. The van der Waals surface area contributed by atoms with Gasteiger partial charge in [0.15, 0.2) is 5.82 Å². The number of hydrogen-bond acceptors (Lipinski definition) is 5. The maximum absolute atomic E-state index is 13.9. The summed E-state index contributed by atoms with van der Waals surface area (Å²) in [5.74, 6) is -1.00. The van der Waals surface area contributed by atoms with Crippen molar-refractivity contribution >= 4 is 23.1 Å². The first-order valence-electron chi connectivity index (χ1n) is 8.47. The molecule has 0 aliphatic rings. The monoisotopic (exact) mass is 412 g/mol. The van der Waals surface area contributed by atoms with Crippen molar-refractivity contribution in [3.05, 3.63) is 71.2 Å². The number of para-hydroxylation sites is 1. The minimum absolute atomic E-state index is 0.0856. The van der Waals surface area contributed by atoms with Crippen LogP contribution in [0.4, 0.5) is 14.6 Å². The van der Waals surface area contributed by atoms with Gasteiger partial charge in [-0.2, -0.15) is 5.10 Å². The predicted octanol–water partition coefficient (Wildman–Crippen LogP) is 4.74. The molecule has 4 rings (SSSR count). The Morgan fingerprint density at radius 1 is 1.14 bits per heavy atom. The summed E-state index contributed by atoms with van der Waals surface area (Å²) >= 11 is 0.890. The number of nitrogens with one attached hydrogen (secondary N) is 2. The van der Waals surface area contributed by atoms with Crippen LogP contribution in [0.1, 0.15) is 9.67 Å². The number of thiazole rings is 1. The molecule has 0 spiro atoms. The number of rotatable bonds is 5. The smallest absolute Gasteiger partial charge is 0.268 e. The zero-order valence-electron chi connectivity index (χ0n) is 15.1. The molecule has 0 bridgehead atoms. The Labute approximate surface area is 168 Å². The molecule has 2 N–H and O–H groups in total. The molecule has 0 radical (unpaired) electrons. The number of benzene rings is 2. The van der Waals surface area contributed by atoms with E-state index in [0.29, 0.717) is 17.3 Å². The highest BCUT2D eigenvalue weighted by molar-refractivity contribution is 7.17. The highest BCUT2D eigenvalue weighted by atomic mass is 32.1. The molecule has 2 aromatic heterocycles. The summed E-state index contributed by atoms with van der Waals surface area (Å²) in [6.07, 6.45) is 1.27. The van der Waals surface area contributed by atoms with Gasteiger partial charge in [-0.3, -0.25) is 9.89 Å². The van der Waals surface area contributed by atoms with Gasteiger partial charge in [0.25, 0.3) is 5.91 Å². The molecule has 6 nitrogen and oxygen atoms in total. The summed E-state index contributed by atoms with van der Waals surface area (Å²) in [7, 11) is 1.57. The highest BCUT2D eigenvalue weighted by Gasteiger charge is 2.18. The van der Waals surface area contributed by atoms with Gasteiger partial charge in [0, 0.05) is 11.6 Å². The molecular formula is C20H14F2N4O2S. The molecule has 0 fully saturated rings. The molecule has 2 aromatic carbocycles. The summed E-state index contributed by atoms with van der Waals surface area (Å²) in [5, 5.41) is 9.65. The number of amides is 1. The first kappa shape index (κ1) is 18.8. The Bertz CT molecular complexity index is 1170. The molecule has 1 amide bonds. The van der Waals surface area contributed by atoms with Crippen LogP contribution in [0.2, 0.25) is 0 Å². The lowest BCUT2D eigenvalue weighted by Crippen LogP contribution is -2.10. The summed E-state index contributed by atoms with van der Waals surface area (Å²) in [4.78, 5) is 16.7. The van der Waals surface area contributed by atoms with Crippen molar-refractivity contribution in [1.82, 2.24) is 15.2 Å². The van der Waals surface area contributed by atoms with Crippen molar-refractivity contribution in [2.75, 3.05) is 12.4 Å². The number of H-pyrrole nitrogens is 1. The van der Waals surface area contributed by atoms with Crippen molar-refractivity contribution in [1.29, 1.82) is 0 Å². The van der Waals surface area contributed by atoms with E-state index in [1.165, 1.54) is 12.3 Å². The molecule has 29 heavy (non-hydrogen) atoms. The van der Waals surface area contributed by atoms with Crippen LogP contribution in [-0.4, -0.2) is 28.2 Å². The third kappa shape index (κ3) is 3.72. The fraction of sp³-hybridized carbons (Fsp3) is 0.0500. The van der Waals surface area contributed by atoms with Crippen LogP contribution < -0.4 is 10.1 Å². The topological polar surface area (TPSA) is 79.9 Å². The maximum Gasteiger partial charge on any atom is 0.268 e. The van der Waals surface area contributed by atoms with Gasteiger partial charge in [0.1, 0.15) is 27.3 Å². The first-order valence-corrected chi connectivity index (χ1v) is 9.29. The number of carbonyl (C=O) groups excluding carboxylic acids is 1. The number of aromatic nitrogens is 3. The van der Waals surface area contributed by atoms with E-state index >= 15 is 0 Å². The number of aromatic amines is 1. The molecule has 0 aliphatic carbocycles. The van der Waals surface area contributed by atoms with E-state index in [2.05, 4.69) is 20.5 Å². The Balaban J connectivity index is 1.54. The van der Waals surface area contributed by atoms with Crippen LogP contribution in [0.25, 0.3) is 21.8 Å². The summed E-state index contributed by atoms with van der Waals surface area (Å²) in [6, 6.07) is 12.6. The van der Waals surface area contributed by atoms with Gasteiger partial charge in [-0.1, -0.05) is 18.2 Å². The molecule has 0 saturated heterocycles. The lowest BCUT2D eigenvalue weighted by Gasteiger charge is -2.05. The van der Waals surface area contributed by atoms with E-state index in [1.807, 2.05) is 24.3 Å². The van der Waals surface area contributed by atoms with E-state index in [9.17, 15) is 13.6 Å². The number of halogens is 2. The van der Waals surface area contributed by atoms with E-state index in [-0.39, 0.29) is 15.4 Å². The summed E-state index contributed by atoms with van der Waals surface area (Å²) in [5.41, 5.74) is 1.20. The summed E-state index contributed by atoms with van der Waals surface area (Å²) in [6.45, 7) is 0. The van der Waals surface area contributed by atoms with Gasteiger partial charge in [-0.15, -0.1) is 11.3 Å². The normalized spacial score (nSPS) is 10.7.